The number of pyridine rings is 1. The molecule has 8 nitrogen and oxygen atoms in total. The topological polar surface area (TPSA) is 85.9 Å². The van der Waals surface area contributed by atoms with Crippen molar-refractivity contribution in [1.29, 1.82) is 0 Å². The van der Waals surface area contributed by atoms with Gasteiger partial charge in [0.15, 0.2) is 5.82 Å². The van der Waals surface area contributed by atoms with Gasteiger partial charge in [0.05, 0.1) is 16.9 Å². The Morgan fingerprint density at radius 2 is 1.62 bits per heavy atom. The van der Waals surface area contributed by atoms with Crippen LogP contribution in [0.4, 0.5) is 22.9 Å². The zero-order valence-corrected chi connectivity index (χ0v) is 22.8. The zero-order valence-electron chi connectivity index (χ0n) is 22.8. The van der Waals surface area contributed by atoms with E-state index in [9.17, 15) is 14.4 Å². The number of carbonyl (C=O) groups is 3. The van der Waals surface area contributed by atoms with Gasteiger partial charge in [0.2, 0.25) is 11.8 Å². The zero-order chi connectivity index (χ0) is 28.1. The second-order valence-corrected chi connectivity index (χ2v) is 9.66. The fourth-order valence-corrected chi connectivity index (χ4v) is 5.12. The fourth-order valence-electron chi connectivity index (χ4n) is 5.12. The summed E-state index contributed by atoms with van der Waals surface area (Å²) in [7, 11) is 0. The van der Waals surface area contributed by atoms with Crippen LogP contribution in [0, 0.1) is 0 Å². The van der Waals surface area contributed by atoms with Gasteiger partial charge in [-0.1, -0.05) is 42.5 Å². The van der Waals surface area contributed by atoms with Gasteiger partial charge >= 0.3 is 0 Å². The maximum absolute atomic E-state index is 13.6. The van der Waals surface area contributed by atoms with E-state index in [4.69, 9.17) is 0 Å². The third-order valence-electron chi connectivity index (χ3n) is 7.29. The molecule has 1 N–H and O–H groups in total. The van der Waals surface area contributed by atoms with Crippen molar-refractivity contribution < 1.29 is 14.4 Å². The molecule has 5 rings (SSSR count). The van der Waals surface area contributed by atoms with Crippen molar-refractivity contribution in [2.45, 2.75) is 26.7 Å². The second-order valence-electron chi connectivity index (χ2n) is 9.66. The lowest BCUT2D eigenvalue weighted by Gasteiger charge is -2.28. The number of rotatable bonds is 9. The number of hydrogen-bond acceptors (Lipinski definition) is 5. The lowest BCUT2D eigenvalue weighted by molar-refractivity contribution is -0.132. The number of nitrogens with zero attached hydrogens (tertiary/aromatic N) is 4. The summed E-state index contributed by atoms with van der Waals surface area (Å²) in [4.78, 5) is 49.5. The molecule has 0 radical (unpaired) electrons. The molecule has 4 aromatic rings. The van der Waals surface area contributed by atoms with Crippen molar-refractivity contribution >= 4 is 51.4 Å². The monoisotopic (exact) mass is 535 g/mol. The van der Waals surface area contributed by atoms with Gasteiger partial charge in [-0.2, -0.15) is 0 Å². The molecule has 3 aromatic carbocycles. The second kappa shape index (κ2) is 12.0. The minimum atomic E-state index is -0.305. The average Bonchev–Trinajstić information content (AvgIpc) is 3.11. The van der Waals surface area contributed by atoms with E-state index in [0.717, 1.165) is 12.2 Å². The summed E-state index contributed by atoms with van der Waals surface area (Å²) in [5, 5.41) is 5.22. The van der Waals surface area contributed by atoms with Gasteiger partial charge in [0.1, 0.15) is 0 Å². The number of aromatic nitrogens is 1. The van der Waals surface area contributed by atoms with Gasteiger partial charge in [-0.25, -0.2) is 4.98 Å². The van der Waals surface area contributed by atoms with E-state index in [1.54, 1.807) is 47.5 Å². The Labute approximate surface area is 234 Å². The minimum Gasteiger partial charge on any atom is -0.370 e. The first-order chi connectivity index (χ1) is 19.5. The van der Waals surface area contributed by atoms with Crippen LogP contribution in [0.3, 0.4) is 0 Å². The molecular weight excluding hydrogens is 502 g/mol. The van der Waals surface area contributed by atoms with Crippen LogP contribution in [0.2, 0.25) is 0 Å². The Morgan fingerprint density at radius 1 is 0.850 bits per heavy atom. The predicted octanol–water partition coefficient (Wildman–Crippen LogP) is 5.62. The fraction of sp³-hybridized carbons (Fsp3) is 0.250. The van der Waals surface area contributed by atoms with Crippen molar-refractivity contribution in [3.8, 4) is 0 Å². The van der Waals surface area contributed by atoms with Crippen molar-refractivity contribution in [3.63, 3.8) is 0 Å². The summed E-state index contributed by atoms with van der Waals surface area (Å²) < 4.78 is 0. The molecule has 0 atom stereocenters. The van der Waals surface area contributed by atoms with Crippen molar-refractivity contribution in [3.05, 3.63) is 90.6 Å². The first-order valence-electron chi connectivity index (χ1n) is 13.7. The number of likely N-dealkylation sites (N-methyl/N-ethyl adjacent to an activating group) is 2. The Balaban J connectivity index is 1.26. The van der Waals surface area contributed by atoms with Crippen LogP contribution < -0.4 is 15.1 Å². The van der Waals surface area contributed by atoms with Crippen molar-refractivity contribution in [2.24, 2.45) is 0 Å². The van der Waals surface area contributed by atoms with Crippen molar-refractivity contribution in [2.75, 3.05) is 41.3 Å². The van der Waals surface area contributed by atoms with Crippen LogP contribution in [-0.2, 0) is 9.59 Å². The van der Waals surface area contributed by atoms with E-state index in [1.165, 1.54) is 15.7 Å². The Morgan fingerprint density at radius 3 is 2.42 bits per heavy atom. The van der Waals surface area contributed by atoms with E-state index in [2.05, 4.69) is 52.5 Å². The maximum atomic E-state index is 13.6. The minimum absolute atomic E-state index is 0.00393. The Bertz CT molecular complexity index is 1550. The largest absolute Gasteiger partial charge is 0.370 e. The Hall–Kier alpha value is -4.72. The smallest absolute Gasteiger partial charge is 0.257 e. The molecule has 0 unspecified atom stereocenters. The standard InChI is InChI=1S/C32H33N5O3/c1-3-35(25-16-15-23-10-5-6-11-24(23)22-25)20-21-36(4-2)29(38)17-18-30(39)37-28-14-8-7-12-26(28)32(40)34-27-13-9-19-33-31(27)37/h5-16,19,22H,3-4,17-18,20-21H2,1-2H3,(H,34,40). The third kappa shape index (κ3) is 5.52. The number of para-hydroxylation sites is 1. The Kier molecular flexibility index (Phi) is 8.05. The van der Waals surface area contributed by atoms with Crippen LogP contribution in [0.15, 0.2) is 85.1 Å². The number of anilines is 4. The van der Waals surface area contributed by atoms with Crippen LogP contribution in [-0.4, -0.2) is 53.8 Å². The van der Waals surface area contributed by atoms with Gasteiger partial charge in [0, 0.05) is 50.9 Å². The molecule has 8 heteroatoms. The lowest BCUT2D eigenvalue weighted by Crippen LogP contribution is -2.39. The highest BCUT2D eigenvalue weighted by atomic mass is 16.2. The highest BCUT2D eigenvalue weighted by molar-refractivity contribution is 6.17. The quantitative estimate of drug-likeness (QED) is 0.301. The molecule has 0 fully saturated rings. The molecule has 2 heterocycles. The SMILES string of the molecule is CCN(CCN(CC)c1ccc2ccccc2c1)C(=O)CCC(=O)N1c2ccccc2C(=O)Nc2cccnc21. The molecular formula is C32H33N5O3. The number of amides is 3. The van der Waals surface area contributed by atoms with Crippen molar-refractivity contribution in [1.82, 2.24) is 9.88 Å². The van der Waals surface area contributed by atoms with Gasteiger partial charge in [0.25, 0.3) is 5.91 Å². The average molecular weight is 536 g/mol. The molecule has 0 saturated heterocycles. The summed E-state index contributed by atoms with van der Waals surface area (Å²) in [5.41, 5.74) is 2.40. The third-order valence-corrected chi connectivity index (χ3v) is 7.29. The summed E-state index contributed by atoms with van der Waals surface area (Å²) in [6.45, 7) is 6.67. The number of hydrogen-bond donors (Lipinski definition) is 1. The highest BCUT2D eigenvalue weighted by Gasteiger charge is 2.30. The lowest BCUT2D eigenvalue weighted by atomic mass is 10.1. The van der Waals surface area contributed by atoms with E-state index < -0.39 is 0 Å². The highest BCUT2D eigenvalue weighted by Crippen LogP contribution is 2.36. The first kappa shape index (κ1) is 26.9. The molecule has 1 aliphatic heterocycles. The van der Waals surface area contributed by atoms with Gasteiger partial charge in [-0.15, -0.1) is 0 Å². The summed E-state index contributed by atoms with van der Waals surface area (Å²) in [6.07, 6.45) is 1.64. The molecule has 0 saturated carbocycles. The molecule has 204 valence electrons. The molecule has 1 aliphatic rings. The molecule has 0 spiro atoms. The van der Waals surface area contributed by atoms with Gasteiger partial charge < -0.3 is 15.1 Å². The number of benzene rings is 3. The van der Waals surface area contributed by atoms with Crippen LogP contribution in [0.25, 0.3) is 10.8 Å². The van der Waals surface area contributed by atoms with Gasteiger partial charge in [-0.3, -0.25) is 19.3 Å². The van der Waals surface area contributed by atoms with Crippen LogP contribution in [0.1, 0.15) is 37.0 Å². The maximum Gasteiger partial charge on any atom is 0.257 e. The van der Waals surface area contributed by atoms with Crippen LogP contribution >= 0.6 is 0 Å². The van der Waals surface area contributed by atoms with E-state index in [-0.39, 0.29) is 30.6 Å². The van der Waals surface area contributed by atoms with Crippen LogP contribution in [0.5, 0.6) is 0 Å². The van der Waals surface area contributed by atoms with E-state index in [0.29, 0.717) is 42.4 Å². The van der Waals surface area contributed by atoms with E-state index >= 15 is 0 Å². The normalized spacial score (nSPS) is 12.2. The summed E-state index contributed by atoms with van der Waals surface area (Å²) >= 11 is 0. The molecule has 0 bridgehead atoms. The molecule has 40 heavy (non-hydrogen) atoms. The first-order valence-corrected chi connectivity index (χ1v) is 13.7. The molecule has 3 amide bonds. The molecule has 0 aliphatic carbocycles. The number of nitrogens with one attached hydrogen (secondary N) is 1. The van der Waals surface area contributed by atoms with E-state index in [1.807, 2.05) is 19.1 Å². The number of carbonyl (C=O) groups excluding carboxylic acids is 3. The number of fused-ring (bicyclic) bond motifs is 3. The predicted molar refractivity (Wildman–Crippen MR) is 159 cm³/mol. The van der Waals surface area contributed by atoms with Gasteiger partial charge in [-0.05, 0) is 61.0 Å². The summed E-state index contributed by atoms with van der Waals surface area (Å²) in [5.74, 6) is -0.330. The summed E-state index contributed by atoms with van der Waals surface area (Å²) in [6, 6.07) is 25.0. The molecule has 1 aromatic heterocycles.